The molecule has 0 saturated carbocycles. The van der Waals surface area contributed by atoms with Crippen molar-refractivity contribution in [3.05, 3.63) is 90.4 Å². The van der Waals surface area contributed by atoms with E-state index in [-0.39, 0.29) is 17.5 Å². The van der Waals surface area contributed by atoms with E-state index < -0.39 is 0 Å². The van der Waals surface area contributed by atoms with Crippen LogP contribution in [0.15, 0.2) is 79.0 Å². The van der Waals surface area contributed by atoms with Gasteiger partial charge >= 0.3 is 0 Å². The van der Waals surface area contributed by atoms with Gasteiger partial charge in [0.1, 0.15) is 23.9 Å². The molecule has 4 rings (SSSR count). The average Bonchev–Trinajstić information content (AvgIpc) is 2.73. The average molecular weight is 403 g/mol. The molecule has 3 N–H and O–H groups in total. The lowest BCUT2D eigenvalue weighted by Gasteiger charge is -2.16. The van der Waals surface area contributed by atoms with Gasteiger partial charge in [0.25, 0.3) is 0 Å². The molecule has 0 radical (unpaired) electrons. The fraction of sp³-hybridized carbons (Fsp3) is 0.0435. The molecule has 0 saturated heterocycles. The number of nitrogens with two attached hydrogens (primary N) is 1. The number of ether oxygens (including phenoxy) is 1. The Hall–Kier alpha value is -3.51. The highest BCUT2D eigenvalue weighted by Gasteiger charge is 2.15. The summed E-state index contributed by atoms with van der Waals surface area (Å²) in [7, 11) is 0. The molecule has 6 heteroatoms. The molecule has 29 heavy (non-hydrogen) atoms. The molecule has 4 aromatic rings. The summed E-state index contributed by atoms with van der Waals surface area (Å²) in [5, 5.41) is 5.28. The van der Waals surface area contributed by atoms with Crippen LogP contribution >= 0.6 is 12.2 Å². The third kappa shape index (κ3) is 4.17. The van der Waals surface area contributed by atoms with Crippen molar-refractivity contribution in [1.29, 1.82) is 0 Å². The summed E-state index contributed by atoms with van der Waals surface area (Å²) in [4.78, 5) is 4.53. The molecule has 0 spiro atoms. The molecular weight excluding hydrogens is 385 g/mol. The Morgan fingerprint density at radius 1 is 1.03 bits per heavy atom. The van der Waals surface area contributed by atoms with Crippen LogP contribution < -0.4 is 15.8 Å². The minimum atomic E-state index is -0.296. The predicted octanol–water partition coefficient (Wildman–Crippen LogP) is 5.28. The SMILES string of the molecule is NC(=S)Nc1c(-c2ncccc2OCc2cccc(F)c2)ccc2ccccc12. The van der Waals surface area contributed by atoms with E-state index in [4.69, 9.17) is 22.7 Å². The lowest BCUT2D eigenvalue weighted by molar-refractivity contribution is 0.306. The zero-order valence-corrected chi connectivity index (χ0v) is 16.2. The Morgan fingerprint density at radius 2 is 1.90 bits per heavy atom. The van der Waals surface area contributed by atoms with Gasteiger partial charge in [-0.05, 0) is 53.5 Å². The quantitative estimate of drug-likeness (QED) is 0.444. The van der Waals surface area contributed by atoms with E-state index in [1.807, 2.05) is 48.5 Å². The van der Waals surface area contributed by atoms with Crippen LogP contribution in [0, 0.1) is 5.82 Å². The summed E-state index contributed by atoms with van der Waals surface area (Å²) >= 11 is 5.09. The van der Waals surface area contributed by atoms with Gasteiger partial charge in [-0.2, -0.15) is 0 Å². The van der Waals surface area contributed by atoms with Crippen molar-refractivity contribution in [3.63, 3.8) is 0 Å². The molecule has 0 aliphatic heterocycles. The summed E-state index contributed by atoms with van der Waals surface area (Å²) in [6, 6.07) is 21.9. The van der Waals surface area contributed by atoms with Gasteiger partial charge in [-0.15, -0.1) is 0 Å². The summed E-state index contributed by atoms with van der Waals surface area (Å²) in [6.07, 6.45) is 1.70. The molecule has 144 valence electrons. The van der Waals surface area contributed by atoms with Crippen LogP contribution in [0.5, 0.6) is 5.75 Å². The molecule has 0 atom stereocenters. The van der Waals surface area contributed by atoms with Crippen LogP contribution in [0.4, 0.5) is 10.1 Å². The number of hydrogen-bond acceptors (Lipinski definition) is 3. The highest BCUT2D eigenvalue weighted by molar-refractivity contribution is 7.80. The Kier molecular flexibility index (Phi) is 5.35. The molecule has 0 fully saturated rings. The number of anilines is 1. The zero-order chi connectivity index (χ0) is 20.2. The normalized spacial score (nSPS) is 10.7. The Labute approximate surface area is 173 Å². The molecule has 0 amide bonds. The van der Waals surface area contributed by atoms with Gasteiger partial charge < -0.3 is 15.8 Å². The molecule has 0 bridgehead atoms. The monoisotopic (exact) mass is 403 g/mol. The summed E-state index contributed by atoms with van der Waals surface area (Å²) in [5.41, 5.74) is 8.74. The van der Waals surface area contributed by atoms with Gasteiger partial charge in [0, 0.05) is 17.1 Å². The van der Waals surface area contributed by atoms with E-state index in [1.165, 1.54) is 12.1 Å². The van der Waals surface area contributed by atoms with Crippen molar-refractivity contribution in [1.82, 2.24) is 4.98 Å². The van der Waals surface area contributed by atoms with Crippen LogP contribution in [0.25, 0.3) is 22.0 Å². The second-order valence-corrected chi connectivity index (χ2v) is 6.91. The first-order valence-corrected chi connectivity index (χ1v) is 9.43. The lowest BCUT2D eigenvalue weighted by Crippen LogP contribution is -2.19. The highest BCUT2D eigenvalue weighted by atomic mass is 32.1. The van der Waals surface area contributed by atoms with Gasteiger partial charge in [0.2, 0.25) is 0 Å². The summed E-state index contributed by atoms with van der Waals surface area (Å²) in [5.74, 6) is 0.285. The standard InChI is InChI=1S/C23H18FN3OS/c24-17-7-3-5-15(13-17)14-28-20-9-4-12-26-22(20)19-11-10-16-6-1-2-8-18(16)21(19)27-23(25)29/h1-13H,14H2,(H3,25,27,29). The first-order chi connectivity index (χ1) is 14.1. The van der Waals surface area contributed by atoms with Gasteiger partial charge in [-0.1, -0.05) is 42.5 Å². The van der Waals surface area contributed by atoms with Crippen molar-refractivity contribution in [2.75, 3.05) is 5.32 Å². The van der Waals surface area contributed by atoms with Crippen molar-refractivity contribution in [2.45, 2.75) is 6.61 Å². The minimum absolute atomic E-state index is 0.167. The van der Waals surface area contributed by atoms with Crippen molar-refractivity contribution in [2.24, 2.45) is 5.73 Å². The molecular formula is C23H18FN3OS. The number of pyridine rings is 1. The number of thiocarbonyl (C=S) groups is 1. The number of nitrogens with one attached hydrogen (secondary N) is 1. The molecule has 3 aromatic carbocycles. The molecule has 0 aliphatic rings. The fourth-order valence-electron chi connectivity index (χ4n) is 3.22. The largest absolute Gasteiger partial charge is 0.487 e. The van der Waals surface area contributed by atoms with Crippen LogP contribution in [0.1, 0.15) is 5.56 Å². The summed E-state index contributed by atoms with van der Waals surface area (Å²) in [6.45, 7) is 0.224. The van der Waals surface area contributed by atoms with Crippen LogP contribution in [-0.2, 0) is 6.61 Å². The molecule has 1 heterocycles. The van der Waals surface area contributed by atoms with E-state index in [0.717, 1.165) is 27.6 Å². The van der Waals surface area contributed by atoms with Gasteiger partial charge in [0.05, 0.1) is 5.69 Å². The number of benzene rings is 3. The third-order valence-electron chi connectivity index (χ3n) is 4.49. The fourth-order valence-corrected chi connectivity index (χ4v) is 3.33. The third-order valence-corrected chi connectivity index (χ3v) is 4.59. The van der Waals surface area contributed by atoms with Crippen molar-refractivity contribution < 1.29 is 9.13 Å². The Morgan fingerprint density at radius 3 is 2.72 bits per heavy atom. The zero-order valence-electron chi connectivity index (χ0n) is 15.4. The Bertz CT molecular complexity index is 1200. The van der Waals surface area contributed by atoms with Crippen LogP contribution in [0.3, 0.4) is 0 Å². The molecule has 0 unspecified atom stereocenters. The molecule has 4 nitrogen and oxygen atoms in total. The topological polar surface area (TPSA) is 60.2 Å². The van der Waals surface area contributed by atoms with Crippen molar-refractivity contribution in [3.8, 4) is 17.0 Å². The second kappa shape index (κ2) is 8.24. The lowest BCUT2D eigenvalue weighted by atomic mass is 10.0. The first kappa shape index (κ1) is 18.8. The summed E-state index contributed by atoms with van der Waals surface area (Å²) < 4.78 is 19.4. The number of hydrogen-bond donors (Lipinski definition) is 2. The van der Waals surface area contributed by atoms with E-state index >= 15 is 0 Å². The number of nitrogens with zero attached hydrogens (tertiary/aromatic N) is 1. The van der Waals surface area contributed by atoms with Gasteiger partial charge in [-0.25, -0.2) is 4.39 Å². The number of rotatable bonds is 5. The maximum Gasteiger partial charge on any atom is 0.168 e. The molecule has 1 aromatic heterocycles. The van der Waals surface area contributed by atoms with Crippen LogP contribution in [-0.4, -0.2) is 10.1 Å². The van der Waals surface area contributed by atoms with E-state index in [0.29, 0.717) is 11.4 Å². The number of fused-ring (bicyclic) bond motifs is 1. The number of aromatic nitrogens is 1. The highest BCUT2D eigenvalue weighted by Crippen LogP contribution is 2.38. The van der Waals surface area contributed by atoms with E-state index in [9.17, 15) is 4.39 Å². The van der Waals surface area contributed by atoms with E-state index in [1.54, 1.807) is 18.3 Å². The predicted molar refractivity (Wildman–Crippen MR) is 118 cm³/mol. The van der Waals surface area contributed by atoms with Crippen LogP contribution in [0.2, 0.25) is 0 Å². The Balaban J connectivity index is 1.77. The maximum absolute atomic E-state index is 13.5. The van der Waals surface area contributed by atoms with Gasteiger partial charge in [-0.3, -0.25) is 4.98 Å². The first-order valence-electron chi connectivity index (χ1n) is 9.02. The smallest absolute Gasteiger partial charge is 0.168 e. The minimum Gasteiger partial charge on any atom is -0.487 e. The number of halogens is 1. The second-order valence-electron chi connectivity index (χ2n) is 6.47. The van der Waals surface area contributed by atoms with Crippen molar-refractivity contribution >= 4 is 33.8 Å². The van der Waals surface area contributed by atoms with Gasteiger partial charge in [0.15, 0.2) is 5.11 Å². The van der Waals surface area contributed by atoms with E-state index in [2.05, 4.69) is 10.3 Å². The maximum atomic E-state index is 13.5. The molecule has 0 aliphatic carbocycles.